The van der Waals surface area contributed by atoms with Gasteiger partial charge in [0.2, 0.25) is 0 Å². The number of hydrogen-bond acceptors (Lipinski definition) is 5. The zero-order valence-electron chi connectivity index (χ0n) is 16.9. The van der Waals surface area contributed by atoms with Crippen molar-refractivity contribution in [2.45, 2.75) is 13.0 Å². The second-order valence-corrected chi connectivity index (χ2v) is 7.46. The van der Waals surface area contributed by atoms with Crippen molar-refractivity contribution in [2.75, 3.05) is 13.7 Å². The fourth-order valence-electron chi connectivity index (χ4n) is 3.95. The Morgan fingerprint density at radius 3 is 2.71 bits per heavy atom. The third-order valence-electron chi connectivity index (χ3n) is 5.57. The first-order valence-corrected chi connectivity index (χ1v) is 9.93. The van der Waals surface area contributed by atoms with Crippen LogP contribution in [-0.2, 0) is 13.0 Å². The predicted octanol–water partition coefficient (Wildman–Crippen LogP) is 4.04. The maximum Gasteiger partial charge on any atom is 0.254 e. The number of rotatable bonds is 3. The fourth-order valence-corrected chi connectivity index (χ4v) is 3.95. The highest BCUT2D eigenvalue weighted by Gasteiger charge is 2.24. The quantitative estimate of drug-likeness (QED) is 0.506. The topological polar surface area (TPSA) is 68.2 Å². The number of nitrogens with zero attached hydrogens (tertiary/aromatic N) is 4. The van der Waals surface area contributed by atoms with E-state index in [-0.39, 0.29) is 5.91 Å². The molecule has 0 bridgehead atoms. The Balaban J connectivity index is 1.57. The van der Waals surface area contributed by atoms with E-state index >= 15 is 0 Å². The van der Waals surface area contributed by atoms with Crippen molar-refractivity contribution in [3.63, 3.8) is 0 Å². The normalized spacial score (nSPS) is 13.2. The zero-order valence-corrected chi connectivity index (χ0v) is 16.9. The Labute approximate surface area is 178 Å². The molecule has 154 valence electrons. The molecule has 4 aromatic rings. The molecule has 6 nitrogen and oxygen atoms in total. The van der Waals surface area contributed by atoms with E-state index in [1.807, 2.05) is 18.2 Å². The van der Waals surface area contributed by atoms with Crippen LogP contribution in [0, 0.1) is 5.82 Å². The number of halogens is 1. The molecular formula is C24H19FN4O2. The van der Waals surface area contributed by atoms with Crippen LogP contribution in [0.1, 0.15) is 21.5 Å². The SMILES string of the molecule is COc1ccc2c(c1)CCN(C(=O)c1cc(-c3cncnc3)nc3ccc(F)cc13)C2. The summed E-state index contributed by atoms with van der Waals surface area (Å²) in [6, 6.07) is 11.9. The molecule has 2 aromatic heterocycles. The van der Waals surface area contributed by atoms with Gasteiger partial charge in [-0.25, -0.2) is 19.3 Å². The van der Waals surface area contributed by atoms with Gasteiger partial charge >= 0.3 is 0 Å². The summed E-state index contributed by atoms with van der Waals surface area (Å²) in [5, 5.41) is 0.492. The van der Waals surface area contributed by atoms with Crippen LogP contribution in [0.4, 0.5) is 4.39 Å². The van der Waals surface area contributed by atoms with E-state index in [1.165, 1.54) is 24.0 Å². The molecule has 5 rings (SSSR count). The molecule has 7 heteroatoms. The van der Waals surface area contributed by atoms with Crippen LogP contribution in [0.2, 0.25) is 0 Å². The smallest absolute Gasteiger partial charge is 0.254 e. The Hall–Kier alpha value is -3.87. The average molecular weight is 414 g/mol. The van der Waals surface area contributed by atoms with Gasteiger partial charge < -0.3 is 9.64 Å². The molecule has 0 spiro atoms. The minimum Gasteiger partial charge on any atom is -0.497 e. The first-order valence-electron chi connectivity index (χ1n) is 9.93. The number of carbonyl (C=O) groups is 1. The highest BCUT2D eigenvalue weighted by molar-refractivity contribution is 6.07. The average Bonchev–Trinajstić information content (AvgIpc) is 2.82. The maximum absolute atomic E-state index is 14.0. The van der Waals surface area contributed by atoms with Crippen molar-refractivity contribution in [1.82, 2.24) is 19.9 Å². The van der Waals surface area contributed by atoms with E-state index in [2.05, 4.69) is 15.0 Å². The highest BCUT2D eigenvalue weighted by Crippen LogP contribution is 2.29. The first-order chi connectivity index (χ1) is 15.1. The van der Waals surface area contributed by atoms with Crippen LogP contribution in [0.25, 0.3) is 22.2 Å². The van der Waals surface area contributed by atoms with Gasteiger partial charge in [-0.15, -0.1) is 0 Å². The summed E-state index contributed by atoms with van der Waals surface area (Å²) < 4.78 is 19.3. The molecule has 0 aliphatic carbocycles. The van der Waals surface area contributed by atoms with Gasteiger partial charge in [0.15, 0.2) is 0 Å². The Morgan fingerprint density at radius 1 is 1.06 bits per heavy atom. The summed E-state index contributed by atoms with van der Waals surface area (Å²) >= 11 is 0. The molecule has 3 heterocycles. The molecule has 1 aliphatic heterocycles. The van der Waals surface area contributed by atoms with Crippen molar-refractivity contribution in [2.24, 2.45) is 0 Å². The number of amides is 1. The molecular weight excluding hydrogens is 395 g/mol. The Kier molecular flexibility index (Phi) is 4.78. The van der Waals surface area contributed by atoms with E-state index in [1.54, 1.807) is 36.5 Å². The van der Waals surface area contributed by atoms with Crippen LogP contribution in [-0.4, -0.2) is 39.4 Å². The van der Waals surface area contributed by atoms with Gasteiger partial charge in [-0.05, 0) is 53.9 Å². The third-order valence-corrected chi connectivity index (χ3v) is 5.57. The monoisotopic (exact) mass is 414 g/mol. The lowest BCUT2D eigenvalue weighted by Gasteiger charge is -2.29. The van der Waals surface area contributed by atoms with Crippen molar-refractivity contribution in [1.29, 1.82) is 0 Å². The van der Waals surface area contributed by atoms with Gasteiger partial charge in [0.05, 0.1) is 23.9 Å². The van der Waals surface area contributed by atoms with Crippen LogP contribution < -0.4 is 4.74 Å². The predicted molar refractivity (Wildman–Crippen MR) is 114 cm³/mol. The Bertz CT molecular complexity index is 1290. The Morgan fingerprint density at radius 2 is 1.90 bits per heavy atom. The van der Waals surface area contributed by atoms with Crippen LogP contribution in [0.3, 0.4) is 0 Å². The molecule has 0 radical (unpaired) electrons. The largest absolute Gasteiger partial charge is 0.497 e. The summed E-state index contributed by atoms with van der Waals surface area (Å²) in [6.07, 6.45) is 5.45. The number of benzene rings is 2. The highest BCUT2D eigenvalue weighted by atomic mass is 19.1. The molecule has 0 atom stereocenters. The summed E-state index contributed by atoms with van der Waals surface area (Å²) in [6.45, 7) is 1.06. The van der Waals surface area contributed by atoms with Crippen LogP contribution in [0.15, 0.2) is 61.2 Å². The third kappa shape index (κ3) is 3.59. The number of hydrogen-bond donors (Lipinski definition) is 0. The number of aromatic nitrogens is 3. The van der Waals surface area contributed by atoms with Crippen molar-refractivity contribution >= 4 is 16.8 Å². The van der Waals surface area contributed by atoms with Gasteiger partial charge in [0.1, 0.15) is 17.9 Å². The minimum absolute atomic E-state index is 0.155. The number of fused-ring (bicyclic) bond motifs is 2. The molecule has 0 saturated heterocycles. The van der Waals surface area contributed by atoms with Crippen LogP contribution >= 0.6 is 0 Å². The standard InChI is InChI=1S/C24H19FN4O2/c1-31-19-4-2-16-13-29(7-6-15(16)8-19)24(30)21-10-23(17-11-26-14-27-12-17)28-22-5-3-18(25)9-20(21)22/h2-5,8-12,14H,6-7,13H2,1H3. The summed E-state index contributed by atoms with van der Waals surface area (Å²) in [4.78, 5) is 28.0. The van der Waals surface area contributed by atoms with E-state index in [0.29, 0.717) is 40.8 Å². The van der Waals surface area contributed by atoms with Gasteiger partial charge in [0.25, 0.3) is 5.91 Å². The first kappa shape index (κ1) is 19.1. The van der Waals surface area contributed by atoms with E-state index in [9.17, 15) is 9.18 Å². The van der Waals surface area contributed by atoms with E-state index < -0.39 is 5.82 Å². The zero-order chi connectivity index (χ0) is 21.4. The molecule has 0 unspecified atom stereocenters. The van der Waals surface area contributed by atoms with Gasteiger partial charge in [-0.2, -0.15) is 0 Å². The van der Waals surface area contributed by atoms with E-state index in [0.717, 1.165) is 17.7 Å². The second-order valence-electron chi connectivity index (χ2n) is 7.46. The molecule has 0 fully saturated rings. The maximum atomic E-state index is 14.0. The number of carbonyl (C=O) groups excluding carboxylic acids is 1. The molecule has 0 saturated carbocycles. The van der Waals surface area contributed by atoms with Crippen molar-refractivity contribution in [3.8, 4) is 17.0 Å². The van der Waals surface area contributed by atoms with Gasteiger partial charge in [-0.3, -0.25) is 4.79 Å². The van der Waals surface area contributed by atoms with Crippen molar-refractivity contribution in [3.05, 3.63) is 83.7 Å². The lowest BCUT2D eigenvalue weighted by Crippen LogP contribution is -2.36. The van der Waals surface area contributed by atoms with Crippen LogP contribution in [0.5, 0.6) is 5.75 Å². The summed E-state index contributed by atoms with van der Waals surface area (Å²) in [5.41, 5.74) is 4.50. The minimum atomic E-state index is -0.407. The van der Waals surface area contributed by atoms with Gasteiger partial charge in [0, 0.05) is 36.4 Å². The van der Waals surface area contributed by atoms with Gasteiger partial charge in [-0.1, -0.05) is 6.07 Å². The lowest BCUT2D eigenvalue weighted by molar-refractivity contribution is 0.0736. The molecule has 0 N–H and O–H groups in total. The summed E-state index contributed by atoms with van der Waals surface area (Å²) in [7, 11) is 1.64. The number of pyridine rings is 1. The molecule has 31 heavy (non-hydrogen) atoms. The van der Waals surface area contributed by atoms with Crippen molar-refractivity contribution < 1.29 is 13.9 Å². The molecule has 2 aromatic carbocycles. The summed E-state index contributed by atoms with van der Waals surface area (Å²) in [5.74, 6) is 0.247. The van der Waals surface area contributed by atoms with E-state index in [4.69, 9.17) is 4.74 Å². The second kappa shape index (κ2) is 7.75. The lowest BCUT2D eigenvalue weighted by atomic mass is 9.97. The molecule has 1 amide bonds. The number of ether oxygens (including phenoxy) is 1. The number of methoxy groups -OCH3 is 1. The fraction of sp³-hybridized carbons (Fsp3) is 0.167. The molecule has 1 aliphatic rings.